The van der Waals surface area contributed by atoms with E-state index in [2.05, 4.69) is 211 Å². The third-order valence-electron chi connectivity index (χ3n) is 11.3. The summed E-state index contributed by atoms with van der Waals surface area (Å²) in [4.78, 5) is 2.44. The number of para-hydroxylation sites is 3. The van der Waals surface area contributed by atoms with Gasteiger partial charge in [0.15, 0.2) is 0 Å². The Hall–Kier alpha value is -7.42. The average Bonchev–Trinajstić information content (AvgIpc) is 3.66. The minimum Gasteiger partial charge on any atom is -0.456 e. The summed E-state index contributed by atoms with van der Waals surface area (Å²) in [6, 6.07) is 76.5. The highest BCUT2D eigenvalue weighted by atomic mass is 16.3. The van der Waals surface area contributed by atoms with Crippen molar-refractivity contribution in [1.82, 2.24) is 0 Å². The molecule has 56 heavy (non-hydrogen) atoms. The van der Waals surface area contributed by atoms with E-state index in [9.17, 15) is 0 Å². The van der Waals surface area contributed by atoms with Gasteiger partial charge in [0.1, 0.15) is 11.2 Å². The quantitative estimate of drug-likeness (QED) is 0.160. The summed E-state index contributed by atoms with van der Waals surface area (Å²) in [5.74, 6) is 0. The lowest BCUT2D eigenvalue weighted by atomic mass is 9.93. The van der Waals surface area contributed by atoms with Crippen LogP contribution in [0.15, 0.2) is 217 Å². The zero-order chi connectivity index (χ0) is 37.0. The van der Waals surface area contributed by atoms with Crippen LogP contribution in [0.1, 0.15) is 0 Å². The fraction of sp³-hybridized carbons (Fsp3) is 0. The van der Waals surface area contributed by atoms with E-state index >= 15 is 0 Å². The molecule has 262 valence electrons. The Morgan fingerprint density at radius 2 is 0.804 bits per heavy atom. The molecule has 0 saturated heterocycles. The molecule has 0 aliphatic rings. The third-order valence-corrected chi connectivity index (χ3v) is 11.3. The molecular formula is C54H35NO. The van der Waals surface area contributed by atoms with Gasteiger partial charge in [-0.05, 0) is 91.0 Å². The molecule has 11 aromatic rings. The van der Waals surface area contributed by atoms with Gasteiger partial charge in [0, 0.05) is 16.5 Å². The fourth-order valence-electron chi connectivity index (χ4n) is 8.64. The van der Waals surface area contributed by atoms with E-state index in [1.165, 1.54) is 49.0 Å². The van der Waals surface area contributed by atoms with Crippen LogP contribution >= 0.6 is 0 Å². The Morgan fingerprint density at radius 3 is 1.61 bits per heavy atom. The zero-order valence-corrected chi connectivity index (χ0v) is 30.6. The Balaban J connectivity index is 1.11. The van der Waals surface area contributed by atoms with Crippen molar-refractivity contribution in [2.75, 3.05) is 4.90 Å². The molecule has 0 amide bonds. The van der Waals surface area contributed by atoms with E-state index in [4.69, 9.17) is 4.42 Å². The maximum absolute atomic E-state index is 6.48. The van der Waals surface area contributed by atoms with Crippen LogP contribution in [0.3, 0.4) is 0 Å². The number of benzene rings is 10. The highest BCUT2D eigenvalue weighted by Gasteiger charge is 2.24. The Bertz CT molecular complexity index is 3260. The summed E-state index contributed by atoms with van der Waals surface area (Å²) in [5.41, 5.74) is 12.0. The molecule has 0 saturated carbocycles. The van der Waals surface area contributed by atoms with Gasteiger partial charge in [0.2, 0.25) is 0 Å². The van der Waals surface area contributed by atoms with Crippen molar-refractivity contribution in [1.29, 1.82) is 0 Å². The minimum atomic E-state index is 0.863. The normalized spacial score (nSPS) is 11.6. The number of hydrogen-bond acceptors (Lipinski definition) is 2. The standard InChI is InChI=1S/C54H35NO/c1-2-15-40-35-41(32-27-36(40)13-1)45-18-6-9-23-50(45)55(51-24-12-26-53-54(51)48-19-7-10-25-52(48)56-53)49-22-8-5-17-44(49)39-30-28-38(29-31-39)43-20-11-21-46-42-16-4-3-14-37(42)33-34-47(43)46/h1-35H. The van der Waals surface area contributed by atoms with Gasteiger partial charge in [-0.25, -0.2) is 0 Å². The molecule has 1 aromatic heterocycles. The molecule has 10 aromatic carbocycles. The Labute approximate surface area is 325 Å². The summed E-state index contributed by atoms with van der Waals surface area (Å²) in [7, 11) is 0. The number of hydrogen-bond donors (Lipinski definition) is 0. The predicted octanol–water partition coefficient (Wildman–Crippen LogP) is 15.5. The molecule has 0 N–H and O–H groups in total. The minimum absolute atomic E-state index is 0.863. The van der Waals surface area contributed by atoms with Crippen molar-refractivity contribution in [3.63, 3.8) is 0 Å². The molecule has 0 radical (unpaired) electrons. The van der Waals surface area contributed by atoms with Crippen molar-refractivity contribution in [2.24, 2.45) is 0 Å². The molecule has 2 heteroatoms. The number of furan rings is 1. The van der Waals surface area contributed by atoms with E-state index in [1.807, 2.05) is 6.07 Å². The lowest BCUT2D eigenvalue weighted by molar-refractivity contribution is 0.669. The molecule has 2 nitrogen and oxygen atoms in total. The Morgan fingerprint density at radius 1 is 0.286 bits per heavy atom. The van der Waals surface area contributed by atoms with Crippen LogP contribution < -0.4 is 4.90 Å². The topological polar surface area (TPSA) is 16.4 Å². The second-order valence-electron chi connectivity index (χ2n) is 14.4. The van der Waals surface area contributed by atoms with E-state index in [0.29, 0.717) is 0 Å². The zero-order valence-electron chi connectivity index (χ0n) is 30.6. The van der Waals surface area contributed by atoms with Crippen molar-refractivity contribution < 1.29 is 4.42 Å². The largest absolute Gasteiger partial charge is 0.456 e. The molecule has 0 unspecified atom stereocenters. The van der Waals surface area contributed by atoms with E-state index in [1.54, 1.807) is 0 Å². The molecule has 0 fully saturated rings. The van der Waals surface area contributed by atoms with Crippen molar-refractivity contribution in [3.05, 3.63) is 212 Å². The van der Waals surface area contributed by atoms with E-state index < -0.39 is 0 Å². The van der Waals surface area contributed by atoms with Crippen LogP contribution in [-0.2, 0) is 0 Å². The third kappa shape index (κ3) is 5.26. The highest BCUT2D eigenvalue weighted by Crippen LogP contribution is 2.48. The van der Waals surface area contributed by atoms with Crippen molar-refractivity contribution in [3.8, 4) is 33.4 Å². The first kappa shape index (κ1) is 32.0. The van der Waals surface area contributed by atoms with Gasteiger partial charge in [0.05, 0.1) is 22.4 Å². The molecule has 0 atom stereocenters. The van der Waals surface area contributed by atoms with Gasteiger partial charge in [-0.15, -0.1) is 0 Å². The van der Waals surface area contributed by atoms with Crippen LogP contribution in [0.2, 0.25) is 0 Å². The fourth-order valence-corrected chi connectivity index (χ4v) is 8.64. The van der Waals surface area contributed by atoms with Crippen LogP contribution in [0.4, 0.5) is 17.1 Å². The van der Waals surface area contributed by atoms with E-state index in [-0.39, 0.29) is 0 Å². The average molecular weight is 714 g/mol. The lowest BCUT2D eigenvalue weighted by Gasteiger charge is -2.30. The second-order valence-corrected chi connectivity index (χ2v) is 14.4. The summed E-state index contributed by atoms with van der Waals surface area (Å²) < 4.78 is 6.48. The predicted molar refractivity (Wildman–Crippen MR) is 237 cm³/mol. The molecule has 0 aliphatic carbocycles. The van der Waals surface area contributed by atoms with Gasteiger partial charge in [-0.1, -0.05) is 176 Å². The number of rotatable bonds is 6. The van der Waals surface area contributed by atoms with Gasteiger partial charge in [-0.3, -0.25) is 0 Å². The van der Waals surface area contributed by atoms with Crippen LogP contribution in [0.5, 0.6) is 0 Å². The summed E-state index contributed by atoms with van der Waals surface area (Å²) in [6.07, 6.45) is 0. The molecule has 11 rings (SSSR count). The van der Waals surface area contributed by atoms with Gasteiger partial charge >= 0.3 is 0 Å². The Kier molecular flexibility index (Phi) is 7.53. The maximum Gasteiger partial charge on any atom is 0.137 e. The molecule has 0 bridgehead atoms. The van der Waals surface area contributed by atoms with Gasteiger partial charge in [0.25, 0.3) is 0 Å². The van der Waals surface area contributed by atoms with Crippen LogP contribution in [0, 0.1) is 0 Å². The second kappa shape index (κ2) is 13.2. The lowest BCUT2D eigenvalue weighted by Crippen LogP contribution is -2.12. The van der Waals surface area contributed by atoms with Crippen LogP contribution in [-0.4, -0.2) is 0 Å². The van der Waals surface area contributed by atoms with Crippen molar-refractivity contribution >= 4 is 71.3 Å². The number of anilines is 3. The molecule has 0 aliphatic heterocycles. The summed E-state index contributed by atoms with van der Waals surface area (Å²) in [5, 5.41) is 9.70. The van der Waals surface area contributed by atoms with Gasteiger partial charge < -0.3 is 9.32 Å². The first-order chi connectivity index (χ1) is 27.8. The number of nitrogens with zero attached hydrogens (tertiary/aromatic N) is 1. The highest BCUT2D eigenvalue weighted by molar-refractivity contribution is 6.15. The summed E-state index contributed by atoms with van der Waals surface area (Å²) >= 11 is 0. The van der Waals surface area contributed by atoms with Crippen molar-refractivity contribution in [2.45, 2.75) is 0 Å². The first-order valence-corrected chi connectivity index (χ1v) is 19.2. The summed E-state index contributed by atoms with van der Waals surface area (Å²) in [6.45, 7) is 0. The first-order valence-electron chi connectivity index (χ1n) is 19.2. The number of fused-ring (bicyclic) bond motifs is 7. The van der Waals surface area contributed by atoms with Crippen LogP contribution in [0.25, 0.3) is 87.6 Å². The maximum atomic E-state index is 6.48. The van der Waals surface area contributed by atoms with Gasteiger partial charge in [-0.2, -0.15) is 0 Å². The monoisotopic (exact) mass is 713 g/mol. The molecule has 0 spiro atoms. The molecule has 1 heterocycles. The van der Waals surface area contributed by atoms with E-state index in [0.717, 1.165) is 55.7 Å². The molecular weight excluding hydrogens is 679 g/mol. The smallest absolute Gasteiger partial charge is 0.137 e. The SMILES string of the molecule is c1ccc(N(c2ccccc2-c2ccc3ccccc3c2)c2cccc3oc4ccccc4c23)c(-c2ccc(-c3cccc4c3ccc3ccccc34)cc2)c1.